The summed E-state index contributed by atoms with van der Waals surface area (Å²) in [5.74, 6) is 2.46. The van der Waals surface area contributed by atoms with Gasteiger partial charge >= 0.3 is 0 Å². The van der Waals surface area contributed by atoms with Crippen LogP contribution in [0.4, 0.5) is 0 Å². The van der Waals surface area contributed by atoms with Gasteiger partial charge in [-0.15, -0.1) is 0 Å². The first-order valence-corrected chi connectivity index (χ1v) is 12.1. The summed E-state index contributed by atoms with van der Waals surface area (Å²) in [6.45, 7) is 1.94. The SMILES string of the molecule is COc1cccc(CC2NCCc3cc(OCc4ccccc4)c(OCc4ccccc4)cc32)c1. The summed E-state index contributed by atoms with van der Waals surface area (Å²) in [5, 5.41) is 3.70. The molecule has 1 aliphatic heterocycles. The zero-order valence-electron chi connectivity index (χ0n) is 20.1. The van der Waals surface area contributed by atoms with Gasteiger partial charge in [-0.3, -0.25) is 0 Å². The summed E-state index contributed by atoms with van der Waals surface area (Å²) in [7, 11) is 1.71. The number of hydrogen-bond donors (Lipinski definition) is 1. The monoisotopic (exact) mass is 465 g/mol. The second kappa shape index (κ2) is 11.1. The maximum Gasteiger partial charge on any atom is 0.162 e. The van der Waals surface area contributed by atoms with Crippen molar-refractivity contribution in [1.29, 1.82) is 0 Å². The molecule has 0 radical (unpaired) electrons. The minimum Gasteiger partial charge on any atom is -0.497 e. The van der Waals surface area contributed by atoms with Gasteiger partial charge < -0.3 is 19.5 Å². The van der Waals surface area contributed by atoms with E-state index < -0.39 is 0 Å². The summed E-state index contributed by atoms with van der Waals surface area (Å²) in [6, 6.07) is 33.4. The van der Waals surface area contributed by atoms with Crippen LogP contribution in [0.25, 0.3) is 0 Å². The molecule has 35 heavy (non-hydrogen) atoms. The first-order chi connectivity index (χ1) is 17.3. The van der Waals surface area contributed by atoms with E-state index in [1.807, 2.05) is 48.5 Å². The van der Waals surface area contributed by atoms with Gasteiger partial charge in [0.2, 0.25) is 0 Å². The molecule has 0 saturated heterocycles. The number of nitrogens with one attached hydrogen (secondary N) is 1. The predicted molar refractivity (Wildman–Crippen MR) is 139 cm³/mol. The fraction of sp³-hybridized carbons (Fsp3) is 0.226. The highest BCUT2D eigenvalue weighted by molar-refractivity contribution is 5.50. The molecular weight excluding hydrogens is 434 g/mol. The van der Waals surface area contributed by atoms with Crippen LogP contribution >= 0.6 is 0 Å². The summed E-state index contributed by atoms with van der Waals surface area (Å²) in [6.07, 6.45) is 1.84. The van der Waals surface area contributed by atoms with Crippen molar-refractivity contribution in [3.05, 3.63) is 125 Å². The lowest BCUT2D eigenvalue weighted by molar-refractivity contribution is 0.254. The third-order valence-electron chi connectivity index (χ3n) is 6.41. The topological polar surface area (TPSA) is 39.7 Å². The zero-order chi connectivity index (χ0) is 23.9. The van der Waals surface area contributed by atoms with Gasteiger partial charge in [0.25, 0.3) is 0 Å². The Morgan fingerprint density at radius 3 is 2.00 bits per heavy atom. The van der Waals surface area contributed by atoms with Gasteiger partial charge in [-0.25, -0.2) is 0 Å². The normalized spacial score (nSPS) is 14.7. The van der Waals surface area contributed by atoms with Crippen LogP contribution in [0.2, 0.25) is 0 Å². The van der Waals surface area contributed by atoms with Crippen LogP contribution in [0.15, 0.2) is 97.1 Å². The van der Waals surface area contributed by atoms with Gasteiger partial charge in [0.1, 0.15) is 19.0 Å². The third kappa shape index (κ3) is 5.84. The van der Waals surface area contributed by atoms with Gasteiger partial charge in [-0.2, -0.15) is 0 Å². The highest BCUT2D eigenvalue weighted by atomic mass is 16.5. The van der Waals surface area contributed by atoms with Crippen LogP contribution in [0.1, 0.15) is 33.9 Å². The molecule has 0 amide bonds. The fourth-order valence-corrected chi connectivity index (χ4v) is 4.56. The van der Waals surface area contributed by atoms with Crippen molar-refractivity contribution < 1.29 is 14.2 Å². The van der Waals surface area contributed by atoms with Crippen molar-refractivity contribution in [2.75, 3.05) is 13.7 Å². The Hall–Kier alpha value is -3.76. The predicted octanol–water partition coefficient (Wildman–Crippen LogP) is 6.28. The molecule has 1 unspecified atom stereocenters. The summed E-state index contributed by atoms with van der Waals surface area (Å²) in [4.78, 5) is 0. The van der Waals surface area contributed by atoms with Crippen LogP contribution in [0.3, 0.4) is 0 Å². The van der Waals surface area contributed by atoms with Gasteiger partial charge in [-0.05, 0) is 71.5 Å². The molecule has 0 fully saturated rings. The van der Waals surface area contributed by atoms with Crippen molar-refractivity contribution in [2.24, 2.45) is 0 Å². The molecule has 4 nitrogen and oxygen atoms in total. The minimum absolute atomic E-state index is 0.202. The summed E-state index contributed by atoms with van der Waals surface area (Å²) < 4.78 is 18.1. The first-order valence-electron chi connectivity index (χ1n) is 12.1. The van der Waals surface area contributed by atoms with Crippen LogP contribution in [-0.2, 0) is 26.1 Å². The first kappa shape index (κ1) is 23.0. The van der Waals surface area contributed by atoms with Gasteiger partial charge in [0.05, 0.1) is 7.11 Å². The van der Waals surface area contributed by atoms with Gasteiger partial charge in [0, 0.05) is 6.04 Å². The molecule has 0 saturated carbocycles. The molecule has 0 aromatic heterocycles. The van der Waals surface area contributed by atoms with E-state index >= 15 is 0 Å². The summed E-state index contributed by atoms with van der Waals surface area (Å²) >= 11 is 0. The molecule has 1 atom stereocenters. The van der Waals surface area contributed by atoms with E-state index in [-0.39, 0.29) is 6.04 Å². The number of methoxy groups -OCH3 is 1. The standard InChI is InChI=1S/C31H31NO3/c1-33-27-14-8-13-25(17-27)18-29-28-20-31(35-22-24-11-6-3-7-12-24)30(19-26(28)15-16-32-29)34-21-23-9-4-2-5-10-23/h2-14,17,19-20,29,32H,15-16,18,21-22H2,1H3. The third-order valence-corrected chi connectivity index (χ3v) is 6.41. The van der Waals surface area contributed by atoms with E-state index in [9.17, 15) is 0 Å². The lowest BCUT2D eigenvalue weighted by Gasteiger charge is -2.29. The zero-order valence-corrected chi connectivity index (χ0v) is 20.1. The molecule has 0 bridgehead atoms. The minimum atomic E-state index is 0.202. The van der Waals surface area contributed by atoms with E-state index in [1.54, 1.807) is 7.11 Å². The van der Waals surface area contributed by atoms with Crippen molar-refractivity contribution in [1.82, 2.24) is 5.32 Å². The molecule has 1 N–H and O–H groups in total. The van der Waals surface area contributed by atoms with Gasteiger partial charge in [-0.1, -0.05) is 72.8 Å². The average Bonchev–Trinajstić information content (AvgIpc) is 2.92. The van der Waals surface area contributed by atoms with Gasteiger partial charge in [0.15, 0.2) is 11.5 Å². The molecule has 1 aliphatic rings. The number of benzene rings is 4. The highest BCUT2D eigenvalue weighted by Gasteiger charge is 2.23. The molecular formula is C31H31NO3. The van der Waals surface area contributed by atoms with E-state index in [4.69, 9.17) is 14.2 Å². The second-order valence-electron chi connectivity index (χ2n) is 8.86. The Bertz CT molecular complexity index is 1240. The Kier molecular flexibility index (Phi) is 7.30. The van der Waals surface area contributed by atoms with Crippen LogP contribution in [0, 0.1) is 0 Å². The van der Waals surface area contributed by atoms with E-state index in [0.717, 1.165) is 47.8 Å². The van der Waals surface area contributed by atoms with E-state index in [0.29, 0.717) is 13.2 Å². The van der Waals surface area contributed by atoms with E-state index in [2.05, 4.69) is 53.8 Å². The second-order valence-corrected chi connectivity index (χ2v) is 8.86. The number of ether oxygens (including phenoxy) is 3. The lowest BCUT2D eigenvalue weighted by Crippen LogP contribution is -2.31. The lowest BCUT2D eigenvalue weighted by atomic mass is 9.89. The number of fused-ring (bicyclic) bond motifs is 1. The highest BCUT2D eigenvalue weighted by Crippen LogP contribution is 2.37. The molecule has 0 aliphatic carbocycles. The Morgan fingerprint density at radius 2 is 1.34 bits per heavy atom. The van der Waals surface area contributed by atoms with Crippen molar-refractivity contribution in [3.8, 4) is 17.2 Å². The van der Waals surface area contributed by atoms with Crippen LogP contribution in [0.5, 0.6) is 17.2 Å². The van der Waals surface area contributed by atoms with Crippen LogP contribution < -0.4 is 19.5 Å². The largest absolute Gasteiger partial charge is 0.497 e. The Labute approximate surface area is 207 Å². The number of hydrogen-bond acceptors (Lipinski definition) is 4. The van der Waals surface area contributed by atoms with E-state index in [1.165, 1.54) is 16.7 Å². The molecule has 4 aromatic rings. The molecule has 178 valence electrons. The maximum atomic E-state index is 6.34. The van der Waals surface area contributed by atoms with Crippen molar-refractivity contribution in [3.63, 3.8) is 0 Å². The molecule has 0 spiro atoms. The smallest absolute Gasteiger partial charge is 0.162 e. The Balaban J connectivity index is 1.42. The maximum absolute atomic E-state index is 6.34. The number of rotatable bonds is 9. The molecule has 4 heteroatoms. The Morgan fingerprint density at radius 1 is 0.714 bits per heavy atom. The van der Waals surface area contributed by atoms with Crippen molar-refractivity contribution in [2.45, 2.75) is 32.1 Å². The van der Waals surface area contributed by atoms with Crippen molar-refractivity contribution >= 4 is 0 Å². The molecule has 4 aromatic carbocycles. The fourth-order valence-electron chi connectivity index (χ4n) is 4.56. The van der Waals surface area contributed by atoms with Crippen LogP contribution in [-0.4, -0.2) is 13.7 Å². The quantitative estimate of drug-likeness (QED) is 0.316. The molecule has 5 rings (SSSR count). The average molecular weight is 466 g/mol. The molecule has 1 heterocycles. The summed E-state index contributed by atoms with van der Waals surface area (Å²) in [5.41, 5.74) is 6.09.